The van der Waals surface area contributed by atoms with Crippen LogP contribution in [0.1, 0.15) is 17.0 Å². The second-order valence-electron chi connectivity index (χ2n) is 5.55. The van der Waals surface area contributed by atoms with E-state index < -0.39 is 9.84 Å². The highest BCUT2D eigenvalue weighted by molar-refractivity contribution is 7.89. The summed E-state index contributed by atoms with van der Waals surface area (Å²) in [6.45, 7) is 1.73. The quantitative estimate of drug-likeness (QED) is 0.675. The van der Waals surface area contributed by atoms with Crippen LogP contribution in [0, 0.1) is 6.92 Å². The van der Waals surface area contributed by atoms with E-state index in [1.165, 1.54) is 0 Å². The van der Waals surface area contributed by atoms with Crippen LogP contribution in [-0.4, -0.2) is 13.4 Å². The van der Waals surface area contributed by atoms with E-state index in [1.807, 2.05) is 30.3 Å². The zero-order valence-electron chi connectivity index (χ0n) is 13.1. The molecule has 0 aliphatic rings. The fourth-order valence-electron chi connectivity index (χ4n) is 2.41. The maximum Gasteiger partial charge on any atom is 0.226 e. The predicted molar refractivity (Wildman–Crippen MR) is 94.5 cm³/mol. The summed E-state index contributed by atoms with van der Waals surface area (Å²) in [5, 5.41) is 0.520. The average Bonchev–Trinajstić information content (AvgIpc) is 2.88. The Balaban J connectivity index is 1.81. The molecule has 3 rings (SSSR count). The van der Waals surface area contributed by atoms with Crippen molar-refractivity contribution < 1.29 is 12.8 Å². The van der Waals surface area contributed by atoms with Crippen molar-refractivity contribution in [1.82, 2.24) is 4.98 Å². The summed E-state index contributed by atoms with van der Waals surface area (Å²) < 4.78 is 30.5. The lowest BCUT2D eigenvalue weighted by Gasteiger charge is -2.03. The molecule has 4 nitrogen and oxygen atoms in total. The van der Waals surface area contributed by atoms with E-state index in [1.54, 1.807) is 31.2 Å². The monoisotopic (exact) mass is 361 g/mol. The molecule has 6 heteroatoms. The Labute approximate surface area is 146 Å². The SMILES string of the molecule is Cc1oc(-c2ccccc2)nc1CS(=O)(=O)Cc1cccc(Cl)c1. The fraction of sp³-hybridized carbons (Fsp3) is 0.167. The van der Waals surface area contributed by atoms with Crippen LogP contribution in [0.5, 0.6) is 0 Å². The molecule has 0 aliphatic heterocycles. The van der Waals surface area contributed by atoms with Gasteiger partial charge in [0.25, 0.3) is 0 Å². The summed E-state index contributed by atoms with van der Waals surface area (Å²) in [4.78, 5) is 4.35. The Hall–Kier alpha value is -2.11. The van der Waals surface area contributed by atoms with E-state index in [0.29, 0.717) is 27.9 Å². The topological polar surface area (TPSA) is 60.2 Å². The molecule has 0 fully saturated rings. The van der Waals surface area contributed by atoms with Crippen LogP contribution in [0.4, 0.5) is 0 Å². The molecular weight excluding hydrogens is 346 g/mol. The smallest absolute Gasteiger partial charge is 0.226 e. The van der Waals surface area contributed by atoms with E-state index in [4.69, 9.17) is 16.0 Å². The fourth-order valence-corrected chi connectivity index (χ4v) is 4.09. The maximum atomic E-state index is 12.5. The molecule has 0 bridgehead atoms. The first-order valence-electron chi connectivity index (χ1n) is 7.39. The Kier molecular flexibility index (Phi) is 4.73. The molecule has 124 valence electrons. The second-order valence-corrected chi connectivity index (χ2v) is 8.05. The highest BCUT2D eigenvalue weighted by Crippen LogP contribution is 2.23. The van der Waals surface area contributed by atoms with E-state index in [2.05, 4.69) is 4.98 Å². The third-order valence-corrected chi connectivity index (χ3v) is 5.27. The van der Waals surface area contributed by atoms with Crippen LogP contribution < -0.4 is 0 Å². The van der Waals surface area contributed by atoms with Gasteiger partial charge in [0.2, 0.25) is 5.89 Å². The molecule has 0 unspecified atom stereocenters. The molecule has 3 aromatic rings. The number of nitrogens with zero attached hydrogens (tertiary/aromatic N) is 1. The molecule has 24 heavy (non-hydrogen) atoms. The molecule has 0 saturated heterocycles. The van der Waals surface area contributed by atoms with Gasteiger partial charge in [-0.15, -0.1) is 0 Å². The molecule has 1 heterocycles. The van der Waals surface area contributed by atoms with Crippen LogP contribution in [0.15, 0.2) is 59.0 Å². The lowest BCUT2D eigenvalue weighted by Crippen LogP contribution is -2.08. The number of aryl methyl sites for hydroxylation is 1. The lowest BCUT2D eigenvalue weighted by atomic mass is 10.2. The Morgan fingerprint density at radius 2 is 1.79 bits per heavy atom. The first kappa shape index (κ1) is 16.7. The predicted octanol–water partition coefficient (Wildman–Crippen LogP) is 4.42. The highest BCUT2D eigenvalue weighted by Gasteiger charge is 2.19. The van der Waals surface area contributed by atoms with Gasteiger partial charge >= 0.3 is 0 Å². The molecular formula is C18H16ClNO3S. The molecule has 1 aromatic heterocycles. The summed E-state index contributed by atoms with van der Waals surface area (Å²) in [5.74, 6) is 0.701. The Morgan fingerprint density at radius 1 is 1.04 bits per heavy atom. The third kappa shape index (κ3) is 4.04. The van der Waals surface area contributed by atoms with Crippen LogP contribution in [0.3, 0.4) is 0 Å². The Bertz CT molecular complexity index is 949. The van der Waals surface area contributed by atoms with Crippen molar-refractivity contribution in [1.29, 1.82) is 0 Å². The number of oxazole rings is 1. The van der Waals surface area contributed by atoms with Gasteiger partial charge in [0.15, 0.2) is 9.84 Å². The number of hydrogen-bond donors (Lipinski definition) is 0. The third-order valence-electron chi connectivity index (χ3n) is 3.55. The molecule has 0 radical (unpaired) electrons. The number of benzene rings is 2. The minimum atomic E-state index is -3.38. The maximum absolute atomic E-state index is 12.5. The second kappa shape index (κ2) is 6.79. The molecule has 2 aromatic carbocycles. The molecule has 0 aliphatic carbocycles. The number of sulfone groups is 1. The highest BCUT2D eigenvalue weighted by atomic mass is 35.5. The van der Waals surface area contributed by atoms with Crippen molar-refractivity contribution in [2.75, 3.05) is 0 Å². The summed E-state index contributed by atoms with van der Waals surface area (Å²) in [6, 6.07) is 16.3. The van der Waals surface area contributed by atoms with Crippen molar-refractivity contribution in [2.24, 2.45) is 0 Å². The van der Waals surface area contributed by atoms with Crippen LogP contribution in [0.2, 0.25) is 5.02 Å². The van der Waals surface area contributed by atoms with Gasteiger partial charge in [0.1, 0.15) is 5.76 Å². The van der Waals surface area contributed by atoms with Crippen LogP contribution >= 0.6 is 11.6 Å². The van der Waals surface area contributed by atoms with Crippen molar-refractivity contribution >= 4 is 21.4 Å². The van der Waals surface area contributed by atoms with Gasteiger partial charge in [-0.2, -0.15) is 0 Å². The summed E-state index contributed by atoms with van der Waals surface area (Å²) in [6.07, 6.45) is 0. The zero-order valence-corrected chi connectivity index (χ0v) is 14.6. The number of hydrogen-bond acceptors (Lipinski definition) is 4. The summed E-state index contributed by atoms with van der Waals surface area (Å²) in [7, 11) is -3.38. The minimum absolute atomic E-state index is 0.0828. The lowest BCUT2D eigenvalue weighted by molar-refractivity contribution is 0.539. The van der Waals surface area contributed by atoms with Crippen LogP contribution in [-0.2, 0) is 21.3 Å². The minimum Gasteiger partial charge on any atom is -0.441 e. The molecule has 0 saturated carbocycles. The first-order chi connectivity index (χ1) is 11.4. The largest absolute Gasteiger partial charge is 0.441 e. The van der Waals surface area contributed by atoms with Crippen molar-refractivity contribution in [3.63, 3.8) is 0 Å². The van der Waals surface area contributed by atoms with E-state index in [-0.39, 0.29) is 11.5 Å². The van der Waals surface area contributed by atoms with E-state index in [0.717, 1.165) is 5.56 Å². The van der Waals surface area contributed by atoms with Gasteiger partial charge in [-0.25, -0.2) is 13.4 Å². The van der Waals surface area contributed by atoms with Gasteiger partial charge in [-0.05, 0) is 36.8 Å². The Morgan fingerprint density at radius 3 is 2.50 bits per heavy atom. The van der Waals surface area contributed by atoms with Gasteiger partial charge in [-0.3, -0.25) is 0 Å². The van der Waals surface area contributed by atoms with Gasteiger partial charge < -0.3 is 4.42 Å². The van der Waals surface area contributed by atoms with E-state index >= 15 is 0 Å². The van der Waals surface area contributed by atoms with Crippen molar-refractivity contribution in [3.8, 4) is 11.5 Å². The number of rotatable bonds is 5. The summed E-state index contributed by atoms with van der Waals surface area (Å²) >= 11 is 5.91. The standard InChI is InChI=1S/C18H16ClNO3S/c1-13-17(20-18(23-13)15-7-3-2-4-8-15)12-24(21,22)11-14-6-5-9-16(19)10-14/h2-10H,11-12H2,1H3. The number of halogens is 1. The average molecular weight is 362 g/mol. The molecule has 0 atom stereocenters. The van der Waals surface area contributed by atoms with Gasteiger partial charge in [0, 0.05) is 10.6 Å². The zero-order chi connectivity index (χ0) is 17.2. The van der Waals surface area contributed by atoms with E-state index in [9.17, 15) is 8.42 Å². The first-order valence-corrected chi connectivity index (χ1v) is 9.59. The normalized spacial score (nSPS) is 11.6. The molecule has 0 amide bonds. The summed E-state index contributed by atoms with van der Waals surface area (Å²) in [5.41, 5.74) is 1.92. The number of aromatic nitrogens is 1. The van der Waals surface area contributed by atoms with Crippen molar-refractivity contribution in [3.05, 3.63) is 76.6 Å². The van der Waals surface area contributed by atoms with Crippen LogP contribution in [0.25, 0.3) is 11.5 Å². The molecule has 0 spiro atoms. The van der Waals surface area contributed by atoms with Crippen molar-refractivity contribution in [2.45, 2.75) is 18.4 Å². The van der Waals surface area contributed by atoms with Gasteiger partial charge in [0.05, 0.1) is 17.2 Å². The molecule has 0 N–H and O–H groups in total. The van der Waals surface area contributed by atoms with Gasteiger partial charge in [-0.1, -0.05) is 41.9 Å².